The van der Waals surface area contributed by atoms with Crippen LogP contribution >= 0.6 is 0 Å². The van der Waals surface area contributed by atoms with Crippen molar-refractivity contribution in [3.63, 3.8) is 0 Å². The largest absolute Gasteiger partial charge is 0.508 e. The van der Waals surface area contributed by atoms with Crippen molar-refractivity contribution in [2.75, 3.05) is 24.7 Å². The minimum absolute atomic E-state index is 0.00774. The maximum Gasteiger partial charge on any atom is 0.193 e. The van der Waals surface area contributed by atoms with Crippen LogP contribution in [0.3, 0.4) is 0 Å². The number of aliphatic hydroxyl groups excluding tert-OH is 4. The summed E-state index contributed by atoms with van der Waals surface area (Å²) in [4.78, 5) is 30.9. The number of anilines is 1. The van der Waals surface area contributed by atoms with Gasteiger partial charge in [-0.1, -0.05) is 12.1 Å². The van der Waals surface area contributed by atoms with Crippen LogP contribution in [-0.4, -0.2) is 91.7 Å². The molecule has 0 spiro atoms. The topological polar surface area (TPSA) is 195 Å². The molecule has 6 N–H and O–H groups in total. The molecule has 0 saturated heterocycles. The van der Waals surface area contributed by atoms with Crippen LogP contribution in [-0.2, 0) is 22.6 Å². The number of phenols is 1. The predicted octanol–water partition coefficient (Wildman–Crippen LogP) is 1.56. The molecule has 4 heterocycles. The van der Waals surface area contributed by atoms with Crippen LogP contribution in [0.5, 0.6) is 11.5 Å². The lowest BCUT2D eigenvalue weighted by atomic mass is 9.85. The van der Waals surface area contributed by atoms with E-state index in [1.54, 1.807) is 33.0 Å². The Morgan fingerprint density at radius 1 is 1.17 bits per heavy atom. The number of aliphatic hydroxyl groups is 5. The minimum Gasteiger partial charge on any atom is -0.508 e. The van der Waals surface area contributed by atoms with Gasteiger partial charge in [-0.15, -0.1) is 0 Å². The number of rotatable bonds is 11. The van der Waals surface area contributed by atoms with E-state index in [1.165, 1.54) is 30.3 Å². The molecule has 3 aromatic rings. The van der Waals surface area contributed by atoms with Crippen LogP contribution in [0.4, 0.5) is 5.69 Å². The predicted molar refractivity (Wildman–Crippen MR) is 170 cm³/mol. The fourth-order valence-corrected chi connectivity index (χ4v) is 6.09. The van der Waals surface area contributed by atoms with Crippen LogP contribution in [0, 0.1) is 6.92 Å². The average molecular weight is 651 g/mol. The van der Waals surface area contributed by atoms with E-state index in [4.69, 9.17) is 18.9 Å². The van der Waals surface area contributed by atoms with Gasteiger partial charge in [-0.3, -0.25) is 9.79 Å². The Balaban J connectivity index is 1.28. The van der Waals surface area contributed by atoms with Gasteiger partial charge >= 0.3 is 0 Å². The van der Waals surface area contributed by atoms with E-state index in [2.05, 4.69) is 4.99 Å². The van der Waals surface area contributed by atoms with Gasteiger partial charge < -0.3 is 44.7 Å². The van der Waals surface area contributed by atoms with Gasteiger partial charge in [0, 0.05) is 42.4 Å². The lowest BCUT2D eigenvalue weighted by Crippen LogP contribution is -2.57. The zero-order valence-corrected chi connectivity index (χ0v) is 26.2. The van der Waals surface area contributed by atoms with Crippen molar-refractivity contribution in [2.24, 2.45) is 4.99 Å². The smallest absolute Gasteiger partial charge is 0.193 e. The summed E-state index contributed by atoms with van der Waals surface area (Å²) < 4.78 is 12.7. The number of phenolic OH excluding ortho intramolecular Hbond substituents is 1. The molecule has 13 nitrogen and oxygen atoms in total. The fraction of sp³-hybridized carbons (Fsp3) is 0.412. The molecule has 0 bridgehead atoms. The van der Waals surface area contributed by atoms with Crippen molar-refractivity contribution in [1.29, 1.82) is 0 Å². The molecular weight excluding hydrogens is 612 g/mol. The number of allylic oxidation sites excluding steroid dienone is 1. The molecule has 6 rings (SSSR count). The summed E-state index contributed by atoms with van der Waals surface area (Å²) in [6.45, 7) is 4.25. The highest BCUT2D eigenvalue weighted by Gasteiger charge is 2.46. The Hall–Kier alpha value is -4.08. The van der Waals surface area contributed by atoms with Gasteiger partial charge in [0.1, 0.15) is 59.4 Å². The molecule has 47 heavy (non-hydrogen) atoms. The molecule has 0 fully saturated rings. The molecule has 2 aromatic carbocycles. The molecule has 0 radical (unpaired) electrons. The van der Waals surface area contributed by atoms with Gasteiger partial charge in [0.25, 0.3) is 0 Å². The van der Waals surface area contributed by atoms with Crippen molar-refractivity contribution in [1.82, 2.24) is 0 Å². The van der Waals surface area contributed by atoms with Crippen molar-refractivity contribution in [2.45, 2.75) is 69.2 Å². The normalized spacial score (nSPS) is 21.4. The monoisotopic (exact) mass is 650 g/mol. The molecule has 0 aliphatic carbocycles. The lowest BCUT2D eigenvalue weighted by Gasteiger charge is -2.41. The fourth-order valence-electron chi connectivity index (χ4n) is 6.09. The summed E-state index contributed by atoms with van der Waals surface area (Å²) in [6, 6.07) is 8.97. The summed E-state index contributed by atoms with van der Waals surface area (Å²) in [5, 5.41) is 62.2. The molecule has 13 heteroatoms. The first kappa shape index (κ1) is 32.8. The summed E-state index contributed by atoms with van der Waals surface area (Å²) in [5.41, 5.74) is 0.513. The molecule has 0 unspecified atom stereocenters. The second-order valence-electron chi connectivity index (χ2n) is 12.8. The van der Waals surface area contributed by atoms with E-state index >= 15 is 0 Å². The van der Waals surface area contributed by atoms with E-state index in [0.717, 1.165) is 11.3 Å². The van der Waals surface area contributed by atoms with Crippen LogP contribution in [0.15, 0.2) is 74.7 Å². The number of aromatic hydroxyl groups is 1. The number of aryl methyl sites for hydroxylation is 1. The SMILES string of the molecule is Cc1cc(=O)c2cc3c(c(N4C=C5C=CN=C5C4)c2o1)OC(C)(C)[C@H](OOC[C@@](O)(Cc1ccc(O)cc1)[C@@H](O)[C@H](O)[C@H](O)CO)C3. The third-order valence-corrected chi connectivity index (χ3v) is 8.81. The summed E-state index contributed by atoms with van der Waals surface area (Å²) >= 11 is 0. The summed E-state index contributed by atoms with van der Waals surface area (Å²) in [7, 11) is 0. The minimum atomic E-state index is -2.21. The van der Waals surface area contributed by atoms with Gasteiger partial charge in [-0.2, -0.15) is 0 Å². The highest BCUT2D eigenvalue weighted by atomic mass is 17.2. The zero-order valence-electron chi connectivity index (χ0n) is 26.2. The second kappa shape index (κ2) is 12.5. The molecule has 0 saturated carbocycles. The molecule has 1 aromatic heterocycles. The quantitative estimate of drug-likeness (QED) is 0.130. The first-order valence-electron chi connectivity index (χ1n) is 15.2. The molecular formula is C34H38N2O11. The maximum absolute atomic E-state index is 13.2. The van der Waals surface area contributed by atoms with Crippen LogP contribution in [0.1, 0.15) is 30.7 Å². The molecule has 3 aliphatic rings. The highest BCUT2D eigenvalue weighted by Crippen LogP contribution is 2.47. The molecule has 5 atom stereocenters. The number of benzene rings is 2. The highest BCUT2D eigenvalue weighted by molar-refractivity contribution is 6.12. The third-order valence-electron chi connectivity index (χ3n) is 8.81. The lowest BCUT2D eigenvalue weighted by molar-refractivity contribution is -0.369. The van der Waals surface area contributed by atoms with E-state index in [9.17, 15) is 35.4 Å². The van der Waals surface area contributed by atoms with Crippen molar-refractivity contribution < 1.29 is 49.6 Å². The number of ether oxygens (including phenoxy) is 1. The van der Waals surface area contributed by atoms with Gasteiger partial charge in [0.2, 0.25) is 0 Å². The maximum atomic E-state index is 13.2. The van der Waals surface area contributed by atoms with Crippen LogP contribution < -0.4 is 15.1 Å². The number of fused-ring (bicyclic) bond motifs is 3. The first-order valence-corrected chi connectivity index (χ1v) is 15.2. The molecule has 250 valence electrons. The first-order chi connectivity index (χ1) is 22.3. The van der Waals surface area contributed by atoms with E-state index < -0.39 is 48.8 Å². The second-order valence-corrected chi connectivity index (χ2v) is 12.8. The van der Waals surface area contributed by atoms with E-state index in [0.29, 0.717) is 45.8 Å². The van der Waals surface area contributed by atoms with Crippen LogP contribution in [0.25, 0.3) is 11.0 Å². The van der Waals surface area contributed by atoms with Gasteiger partial charge in [-0.25, -0.2) is 9.78 Å². The summed E-state index contributed by atoms with van der Waals surface area (Å²) in [6.07, 6.45) is -0.857. The van der Waals surface area contributed by atoms with Crippen molar-refractivity contribution >= 4 is 22.4 Å². The van der Waals surface area contributed by atoms with Gasteiger partial charge in [-0.05, 0) is 50.6 Å². The Bertz CT molecular complexity index is 1810. The Labute approximate surface area is 269 Å². The standard InChI is InChI=1S/C34H38N2O11/c1-18-10-25(39)23-11-21-12-27(33(2,3)46-30(21)28(31(23)45-18)36-14-20-8-9-35-24(20)15-36)47-44-17-34(43,32(42)29(41)26(40)16-37)13-19-4-6-22(38)7-5-19/h4-11,14,26-27,29,32,37-38,40-43H,12-13,15-17H2,1-3H3/t26-,27-,29-,32+,34+/m1/s1. The van der Waals surface area contributed by atoms with Crippen molar-refractivity contribution in [3.05, 3.63) is 87.6 Å². The van der Waals surface area contributed by atoms with Crippen LogP contribution in [0.2, 0.25) is 0 Å². The van der Waals surface area contributed by atoms with Gasteiger partial charge in [0.05, 0.1) is 24.2 Å². The number of hydrogen-bond donors (Lipinski definition) is 6. The van der Waals surface area contributed by atoms with Crippen molar-refractivity contribution in [3.8, 4) is 11.5 Å². The average Bonchev–Trinajstić information content (AvgIpc) is 3.63. The molecule has 0 amide bonds. The number of hydrogen-bond acceptors (Lipinski definition) is 13. The third kappa shape index (κ3) is 6.31. The number of nitrogens with zero attached hydrogens (tertiary/aromatic N) is 2. The number of aliphatic imine (C=N–C) groups is 1. The Kier molecular flexibility index (Phi) is 8.74. The van der Waals surface area contributed by atoms with Gasteiger partial charge in [0.15, 0.2) is 16.8 Å². The summed E-state index contributed by atoms with van der Waals surface area (Å²) in [5.74, 6) is 0.959. The van der Waals surface area contributed by atoms with E-state index in [1.807, 2.05) is 17.2 Å². The Morgan fingerprint density at radius 3 is 2.62 bits per heavy atom. The molecule has 3 aliphatic heterocycles. The van der Waals surface area contributed by atoms with E-state index in [-0.39, 0.29) is 24.0 Å². The zero-order chi connectivity index (χ0) is 33.7. The Morgan fingerprint density at radius 2 is 1.91 bits per heavy atom.